The first-order valence-corrected chi connectivity index (χ1v) is 6.53. The summed E-state index contributed by atoms with van der Waals surface area (Å²) in [6.07, 6.45) is 2.31. The van der Waals surface area contributed by atoms with Crippen molar-refractivity contribution < 1.29 is 9.90 Å². The number of hydrogen-bond donors (Lipinski definition) is 2. The van der Waals surface area contributed by atoms with E-state index in [1.807, 2.05) is 0 Å². The highest BCUT2D eigenvalue weighted by Gasteiger charge is 2.25. The molecule has 1 aromatic heterocycles. The van der Waals surface area contributed by atoms with Crippen molar-refractivity contribution in [2.45, 2.75) is 38.1 Å². The monoisotopic (exact) mass is 239 g/mol. The summed E-state index contributed by atoms with van der Waals surface area (Å²) in [7, 11) is 0. The molecule has 2 atom stereocenters. The van der Waals surface area contributed by atoms with Crippen LogP contribution in [0.3, 0.4) is 0 Å². The van der Waals surface area contributed by atoms with E-state index in [-0.39, 0.29) is 12.5 Å². The molecule has 1 aromatic rings. The van der Waals surface area contributed by atoms with Crippen LogP contribution in [0.5, 0.6) is 0 Å². The Balaban J connectivity index is 1.99. The molecule has 16 heavy (non-hydrogen) atoms. The predicted octanol–water partition coefficient (Wildman–Crippen LogP) is 2.37. The Hall–Kier alpha value is -0.870. The fraction of sp³-hybridized carbons (Fsp3) is 0.583. The first-order chi connectivity index (χ1) is 7.65. The minimum absolute atomic E-state index is 0.138. The SMILES string of the molecule is Cc1csc(C2CCNC(CC(=O)O)C2)c1. The van der Waals surface area contributed by atoms with Crippen molar-refractivity contribution in [3.8, 4) is 0 Å². The number of hydrogen-bond acceptors (Lipinski definition) is 3. The van der Waals surface area contributed by atoms with Crippen LogP contribution in [-0.2, 0) is 4.79 Å². The van der Waals surface area contributed by atoms with Crippen molar-refractivity contribution in [1.82, 2.24) is 5.32 Å². The largest absolute Gasteiger partial charge is 0.481 e. The number of aliphatic carboxylic acids is 1. The third-order valence-corrected chi connectivity index (χ3v) is 4.28. The van der Waals surface area contributed by atoms with Crippen molar-refractivity contribution in [1.29, 1.82) is 0 Å². The smallest absolute Gasteiger partial charge is 0.304 e. The molecule has 3 nitrogen and oxygen atoms in total. The molecule has 0 aromatic carbocycles. The summed E-state index contributed by atoms with van der Waals surface area (Å²) in [6.45, 7) is 3.04. The minimum Gasteiger partial charge on any atom is -0.481 e. The number of carboxylic acids is 1. The lowest BCUT2D eigenvalue weighted by atomic mass is 9.89. The zero-order valence-electron chi connectivity index (χ0n) is 9.40. The fourth-order valence-electron chi connectivity index (χ4n) is 2.30. The molecule has 2 unspecified atom stereocenters. The van der Waals surface area contributed by atoms with E-state index >= 15 is 0 Å². The van der Waals surface area contributed by atoms with Crippen LogP contribution in [0.1, 0.15) is 35.6 Å². The van der Waals surface area contributed by atoms with Crippen LogP contribution >= 0.6 is 11.3 Å². The number of carboxylic acid groups (broad SMARTS) is 1. The molecule has 2 rings (SSSR count). The van der Waals surface area contributed by atoms with Crippen molar-refractivity contribution in [3.63, 3.8) is 0 Å². The zero-order valence-corrected chi connectivity index (χ0v) is 10.2. The van der Waals surface area contributed by atoms with E-state index < -0.39 is 5.97 Å². The highest BCUT2D eigenvalue weighted by molar-refractivity contribution is 7.10. The van der Waals surface area contributed by atoms with Gasteiger partial charge in [-0.3, -0.25) is 4.79 Å². The van der Waals surface area contributed by atoms with Gasteiger partial charge in [0.25, 0.3) is 0 Å². The van der Waals surface area contributed by atoms with E-state index in [1.54, 1.807) is 11.3 Å². The number of carbonyl (C=O) groups is 1. The van der Waals surface area contributed by atoms with Crippen LogP contribution in [0, 0.1) is 6.92 Å². The van der Waals surface area contributed by atoms with Gasteiger partial charge in [-0.05, 0) is 49.2 Å². The van der Waals surface area contributed by atoms with E-state index in [9.17, 15) is 4.79 Å². The predicted molar refractivity (Wildman–Crippen MR) is 65.1 cm³/mol. The normalized spacial score (nSPS) is 25.6. The van der Waals surface area contributed by atoms with E-state index in [0.29, 0.717) is 5.92 Å². The van der Waals surface area contributed by atoms with Gasteiger partial charge in [-0.2, -0.15) is 0 Å². The average molecular weight is 239 g/mol. The van der Waals surface area contributed by atoms with E-state index in [0.717, 1.165) is 19.4 Å². The van der Waals surface area contributed by atoms with Gasteiger partial charge < -0.3 is 10.4 Å². The lowest BCUT2D eigenvalue weighted by Crippen LogP contribution is -2.38. The van der Waals surface area contributed by atoms with Crippen molar-refractivity contribution in [3.05, 3.63) is 21.9 Å². The molecule has 4 heteroatoms. The minimum atomic E-state index is -0.708. The van der Waals surface area contributed by atoms with Crippen LogP contribution in [-0.4, -0.2) is 23.7 Å². The zero-order chi connectivity index (χ0) is 11.5. The van der Waals surface area contributed by atoms with Gasteiger partial charge in [-0.15, -0.1) is 11.3 Å². The quantitative estimate of drug-likeness (QED) is 0.851. The van der Waals surface area contributed by atoms with E-state index in [2.05, 4.69) is 23.7 Å². The Morgan fingerprint density at radius 2 is 2.50 bits per heavy atom. The molecule has 1 saturated heterocycles. The first-order valence-electron chi connectivity index (χ1n) is 5.65. The molecule has 0 saturated carbocycles. The molecule has 0 aliphatic carbocycles. The number of rotatable bonds is 3. The summed E-state index contributed by atoms with van der Waals surface area (Å²) < 4.78 is 0. The molecule has 1 fully saturated rings. The molecule has 1 aliphatic heterocycles. The molecule has 88 valence electrons. The van der Waals surface area contributed by atoms with Crippen LogP contribution in [0.15, 0.2) is 11.4 Å². The Morgan fingerprint density at radius 1 is 1.69 bits per heavy atom. The third kappa shape index (κ3) is 2.83. The average Bonchev–Trinajstić information content (AvgIpc) is 2.64. The molecular weight excluding hydrogens is 222 g/mol. The van der Waals surface area contributed by atoms with Gasteiger partial charge in [0.05, 0.1) is 6.42 Å². The van der Waals surface area contributed by atoms with Gasteiger partial charge in [0, 0.05) is 10.9 Å². The Bertz CT molecular complexity index is 375. The number of piperidine rings is 1. The maximum Gasteiger partial charge on any atom is 0.304 e. The summed E-state index contributed by atoms with van der Waals surface area (Å²) in [6, 6.07) is 2.37. The third-order valence-electron chi connectivity index (χ3n) is 3.07. The van der Waals surface area contributed by atoms with Gasteiger partial charge in [0.1, 0.15) is 0 Å². The second-order valence-corrected chi connectivity index (χ2v) is 5.44. The summed E-state index contributed by atoms with van der Waals surface area (Å²) in [5, 5.41) is 14.2. The maximum atomic E-state index is 10.7. The summed E-state index contributed by atoms with van der Waals surface area (Å²) in [4.78, 5) is 12.1. The molecule has 0 amide bonds. The van der Waals surface area contributed by atoms with Crippen molar-refractivity contribution >= 4 is 17.3 Å². The molecular formula is C12H17NO2S. The van der Waals surface area contributed by atoms with Crippen LogP contribution in [0.25, 0.3) is 0 Å². The Kier molecular flexibility index (Phi) is 3.61. The number of thiophene rings is 1. The van der Waals surface area contributed by atoms with Gasteiger partial charge in [-0.25, -0.2) is 0 Å². The second kappa shape index (κ2) is 4.97. The van der Waals surface area contributed by atoms with Crippen molar-refractivity contribution in [2.75, 3.05) is 6.54 Å². The van der Waals surface area contributed by atoms with Crippen molar-refractivity contribution in [2.24, 2.45) is 0 Å². The molecule has 0 bridgehead atoms. The molecule has 0 radical (unpaired) electrons. The van der Waals surface area contributed by atoms with Crippen LogP contribution < -0.4 is 5.32 Å². The lowest BCUT2D eigenvalue weighted by Gasteiger charge is -2.28. The number of aryl methyl sites for hydroxylation is 1. The maximum absolute atomic E-state index is 10.7. The summed E-state index contributed by atoms with van der Waals surface area (Å²) in [5.41, 5.74) is 1.31. The van der Waals surface area contributed by atoms with Gasteiger partial charge in [0.15, 0.2) is 0 Å². The molecule has 2 heterocycles. The highest BCUT2D eigenvalue weighted by atomic mass is 32.1. The Labute approximate surface area is 99.5 Å². The Morgan fingerprint density at radius 3 is 3.12 bits per heavy atom. The van der Waals surface area contributed by atoms with Gasteiger partial charge in [-0.1, -0.05) is 0 Å². The van der Waals surface area contributed by atoms with E-state index in [1.165, 1.54) is 10.4 Å². The molecule has 2 N–H and O–H groups in total. The summed E-state index contributed by atoms with van der Waals surface area (Å²) >= 11 is 1.80. The first kappa shape index (κ1) is 11.6. The highest BCUT2D eigenvalue weighted by Crippen LogP contribution is 2.32. The second-order valence-electron chi connectivity index (χ2n) is 4.50. The molecule has 1 aliphatic rings. The topological polar surface area (TPSA) is 49.3 Å². The van der Waals surface area contributed by atoms with Crippen LogP contribution in [0.4, 0.5) is 0 Å². The molecule has 0 spiro atoms. The lowest BCUT2D eigenvalue weighted by molar-refractivity contribution is -0.137. The van der Waals surface area contributed by atoms with Gasteiger partial charge in [0.2, 0.25) is 0 Å². The number of nitrogens with one attached hydrogen (secondary N) is 1. The fourth-order valence-corrected chi connectivity index (χ4v) is 3.35. The standard InChI is InChI=1S/C12H17NO2S/c1-8-4-11(16-7-8)9-2-3-13-10(5-9)6-12(14)15/h4,7,9-10,13H,2-3,5-6H2,1H3,(H,14,15). The van der Waals surface area contributed by atoms with E-state index in [4.69, 9.17) is 5.11 Å². The van der Waals surface area contributed by atoms with Gasteiger partial charge >= 0.3 is 5.97 Å². The van der Waals surface area contributed by atoms with Crippen LogP contribution in [0.2, 0.25) is 0 Å². The summed E-state index contributed by atoms with van der Waals surface area (Å²) in [5.74, 6) is -0.162.